The van der Waals surface area contributed by atoms with Crippen LogP contribution in [0.4, 0.5) is 0 Å². The van der Waals surface area contributed by atoms with E-state index in [9.17, 15) is 8.42 Å². The van der Waals surface area contributed by atoms with Gasteiger partial charge in [0, 0.05) is 11.1 Å². The summed E-state index contributed by atoms with van der Waals surface area (Å²) >= 11 is 0. The van der Waals surface area contributed by atoms with Crippen LogP contribution in [0.25, 0.3) is 22.8 Å². The second-order valence-corrected chi connectivity index (χ2v) is 5.91. The number of hydrogen-bond acceptors (Lipinski definition) is 4. The molecule has 0 unspecified atom stereocenters. The van der Waals surface area contributed by atoms with Gasteiger partial charge in [-0.1, -0.05) is 48.5 Å². The molecular weight excluding hydrogens is 288 g/mol. The minimum Gasteiger partial charge on any atom is -0.435 e. The summed E-state index contributed by atoms with van der Waals surface area (Å²) in [7, 11) is -3.97. The number of aromatic nitrogens is 1. The van der Waals surface area contributed by atoms with Crippen LogP contribution in [0.15, 0.2) is 70.1 Å². The highest BCUT2D eigenvalue weighted by Gasteiger charge is 2.24. The van der Waals surface area contributed by atoms with E-state index in [-0.39, 0.29) is 16.7 Å². The zero-order valence-electron chi connectivity index (χ0n) is 10.9. The van der Waals surface area contributed by atoms with Crippen molar-refractivity contribution in [2.24, 2.45) is 5.14 Å². The first kappa shape index (κ1) is 13.5. The molecule has 0 aliphatic heterocycles. The Balaban J connectivity index is 2.22. The van der Waals surface area contributed by atoms with Gasteiger partial charge in [0.2, 0.25) is 10.9 Å². The second-order valence-electron chi connectivity index (χ2n) is 4.43. The average Bonchev–Trinajstić information content (AvgIpc) is 2.94. The number of hydrogen-bond donors (Lipinski definition) is 1. The molecule has 5 nitrogen and oxygen atoms in total. The topological polar surface area (TPSA) is 86.2 Å². The van der Waals surface area contributed by atoms with Gasteiger partial charge in [-0.25, -0.2) is 13.6 Å². The van der Waals surface area contributed by atoms with Gasteiger partial charge in [-0.3, -0.25) is 0 Å². The third kappa shape index (κ3) is 2.72. The van der Waals surface area contributed by atoms with E-state index in [4.69, 9.17) is 9.56 Å². The molecule has 3 rings (SSSR count). The molecule has 0 amide bonds. The van der Waals surface area contributed by atoms with Crippen molar-refractivity contribution in [2.75, 3.05) is 0 Å². The van der Waals surface area contributed by atoms with Gasteiger partial charge < -0.3 is 4.42 Å². The van der Waals surface area contributed by atoms with Crippen LogP contribution in [-0.2, 0) is 10.0 Å². The summed E-state index contributed by atoms with van der Waals surface area (Å²) in [5.74, 6) is 0.371. The number of benzene rings is 2. The number of nitrogens with two attached hydrogens (primary N) is 1. The minimum atomic E-state index is -3.97. The molecule has 21 heavy (non-hydrogen) atoms. The maximum absolute atomic E-state index is 11.7. The number of rotatable bonds is 3. The van der Waals surface area contributed by atoms with Crippen LogP contribution in [0.3, 0.4) is 0 Å². The fourth-order valence-electron chi connectivity index (χ4n) is 1.98. The van der Waals surface area contributed by atoms with Gasteiger partial charge in [0.25, 0.3) is 10.0 Å². The lowest BCUT2D eigenvalue weighted by molar-refractivity contribution is 0.580. The molecule has 2 aromatic carbocycles. The van der Waals surface area contributed by atoms with Gasteiger partial charge >= 0.3 is 0 Å². The monoisotopic (exact) mass is 300 g/mol. The smallest absolute Gasteiger partial charge is 0.259 e. The van der Waals surface area contributed by atoms with E-state index in [1.807, 2.05) is 24.3 Å². The van der Waals surface area contributed by atoms with Crippen LogP contribution < -0.4 is 5.14 Å². The molecule has 3 aromatic rings. The predicted molar refractivity (Wildman–Crippen MR) is 78.7 cm³/mol. The molecule has 6 heteroatoms. The van der Waals surface area contributed by atoms with E-state index in [1.54, 1.807) is 36.4 Å². The van der Waals surface area contributed by atoms with E-state index in [0.717, 1.165) is 0 Å². The molecule has 2 N–H and O–H groups in total. The Kier molecular flexibility index (Phi) is 3.32. The SMILES string of the molecule is NS(=O)(=O)c1nc(-c2ccccc2)oc1-c1ccccc1. The van der Waals surface area contributed by atoms with Crippen LogP contribution in [0.5, 0.6) is 0 Å². The number of primary sulfonamides is 1. The Morgan fingerprint density at radius 1 is 0.857 bits per heavy atom. The third-order valence-electron chi connectivity index (χ3n) is 2.92. The highest BCUT2D eigenvalue weighted by molar-refractivity contribution is 7.89. The maximum atomic E-state index is 11.7. The zero-order chi connectivity index (χ0) is 14.9. The lowest BCUT2D eigenvalue weighted by Crippen LogP contribution is -2.13. The van der Waals surface area contributed by atoms with E-state index in [2.05, 4.69) is 4.98 Å². The van der Waals surface area contributed by atoms with Crippen LogP contribution in [0, 0.1) is 0 Å². The molecule has 106 valence electrons. The summed E-state index contributed by atoms with van der Waals surface area (Å²) in [6.45, 7) is 0. The fraction of sp³-hybridized carbons (Fsp3) is 0. The van der Waals surface area contributed by atoms with Crippen molar-refractivity contribution in [1.82, 2.24) is 4.98 Å². The Morgan fingerprint density at radius 2 is 1.38 bits per heavy atom. The number of sulfonamides is 1. The summed E-state index contributed by atoms with van der Waals surface area (Å²) in [5.41, 5.74) is 1.29. The molecule has 1 aromatic heterocycles. The molecule has 0 aliphatic rings. The van der Waals surface area contributed by atoms with E-state index in [1.165, 1.54) is 0 Å². The van der Waals surface area contributed by atoms with Crippen LogP contribution in [0.1, 0.15) is 0 Å². The Hall–Kier alpha value is -2.44. The van der Waals surface area contributed by atoms with Gasteiger partial charge in [0.05, 0.1) is 0 Å². The van der Waals surface area contributed by atoms with Crippen molar-refractivity contribution in [3.05, 3.63) is 60.7 Å². The van der Waals surface area contributed by atoms with Gasteiger partial charge in [-0.05, 0) is 12.1 Å². The van der Waals surface area contributed by atoms with E-state index < -0.39 is 10.0 Å². The largest absolute Gasteiger partial charge is 0.435 e. The summed E-state index contributed by atoms with van der Waals surface area (Å²) < 4.78 is 29.1. The molecule has 0 bridgehead atoms. The second kappa shape index (κ2) is 5.16. The average molecular weight is 300 g/mol. The normalized spacial score (nSPS) is 11.5. The Morgan fingerprint density at radius 3 is 1.90 bits per heavy atom. The molecular formula is C15H12N2O3S. The van der Waals surface area contributed by atoms with Crippen molar-refractivity contribution >= 4 is 10.0 Å². The first-order chi connectivity index (χ1) is 10.1. The van der Waals surface area contributed by atoms with Crippen molar-refractivity contribution in [1.29, 1.82) is 0 Å². The van der Waals surface area contributed by atoms with Crippen molar-refractivity contribution in [2.45, 2.75) is 5.03 Å². The van der Waals surface area contributed by atoms with E-state index in [0.29, 0.717) is 11.1 Å². The molecule has 0 saturated heterocycles. The first-order valence-corrected chi connectivity index (χ1v) is 7.75. The molecule has 1 heterocycles. The molecule has 0 radical (unpaired) electrons. The van der Waals surface area contributed by atoms with Crippen molar-refractivity contribution in [3.8, 4) is 22.8 Å². The lowest BCUT2D eigenvalue weighted by Gasteiger charge is -1.98. The maximum Gasteiger partial charge on any atom is 0.259 e. The van der Waals surface area contributed by atoms with E-state index >= 15 is 0 Å². The van der Waals surface area contributed by atoms with Crippen molar-refractivity contribution < 1.29 is 12.8 Å². The number of oxazole rings is 1. The highest BCUT2D eigenvalue weighted by atomic mass is 32.2. The van der Waals surface area contributed by atoms with Crippen LogP contribution >= 0.6 is 0 Å². The Bertz CT molecular complexity index is 856. The van der Waals surface area contributed by atoms with Crippen LogP contribution in [0.2, 0.25) is 0 Å². The van der Waals surface area contributed by atoms with Gasteiger partial charge in [-0.2, -0.15) is 4.98 Å². The highest BCUT2D eigenvalue weighted by Crippen LogP contribution is 2.31. The quantitative estimate of drug-likeness (QED) is 0.805. The third-order valence-corrected chi connectivity index (χ3v) is 3.74. The molecule has 0 fully saturated rings. The summed E-state index contributed by atoms with van der Waals surface area (Å²) in [6, 6.07) is 17.9. The summed E-state index contributed by atoms with van der Waals surface area (Å²) in [4.78, 5) is 4.05. The standard InChI is InChI=1S/C15H12N2O3S/c16-21(18,19)15-13(11-7-3-1-4-8-11)20-14(17-15)12-9-5-2-6-10-12/h1-10H,(H2,16,18,19). The lowest BCUT2D eigenvalue weighted by atomic mass is 10.2. The van der Waals surface area contributed by atoms with Gasteiger partial charge in [0.15, 0.2) is 5.76 Å². The van der Waals surface area contributed by atoms with Gasteiger partial charge in [-0.15, -0.1) is 0 Å². The molecule has 0 spiro atoms. The predicted octanol–water partition coefficient (Wildman–Crippen LogP) is 2.66. The molecule has 0 atom stereocenters. The van der Waals surface area contributed by atoms with Crippen LogP contribution in [-0.4, -0.2) is 13.4 Å². The summed E-state index contributed by atoms with van der Waals surface area (Å²) in [6.07, 6.45) is 0. The minimum absolute atomic E-state index is 0.150. The molecule has 0 aliphatic carbocycles. The first-order valence-electron chi connectivity index (χ1n) is 6.20. The molecule has 0 saturated carbocycles. The Labute approximate surface area is 122 Å². The fourth-order valence-corrected chi connectivity index (χ4v) is 2.60. The van der Waals surface area contributed by atoms with Gasteiger partial charge in [0.1, 0.15) is 0 Å². The number of nitrogens with zero attached hydrogens (tertiary/aromatic N) is 1. The van der Waals surface area contributed by atoms with Crippen molar-refractivity contribution in [3.63, 3.8) is 0 Å². The summed E-state index contributed by atoms with van der Waals surface area (Å²) in [5, 5.41) is 4.98. The zero-order valence-corrected chi connectivity index (χ0v) is 11.7.